The molecule has 2 heterocycles. The number of nitrogens with zero attached hydrogens (tertiary/aromatic N) is 2. The van der Waals surface area contributed by atoms with Crippen molar-refractivity contribution < 1.29 is 0 Å². The maximum atomic E-state index is 6.52. The first-order valence-corrected chi connectivity index (χ1v) is 10.3. The minimum atomic E-state index is 0.630. The predicted octanol–water partition coefficient (Wildman–Crippen LogP) is 6.75. The maximum absolute atomic E-state index is 6.52. The Kier molecular flexibility index (Phi) is 4.50. The van der Waals surface area contributed by atoms with Crippen molar-refractivity contribution in [1.29, 1.82) is 0 Å². The molecule has 1 N–H and O–H groups in total. The summed E-state index contributed by atoms with van der Waals surface area (Å²) in [4.78, 5) is 0. The summed E-state index contributed by atoms with van der Waals surface area (Å²) in [7, 11) is 0. The van der Waals surface area contributed by atoms with Gasteiger partial charge in [0.05, 0.1) is 16.4 Å². The Labute approximate surface area is 173 Å². The van der Waals surface area contributed by atoms with Crippen LogP contribution < -0.4 is 5.32 Å². The van der Waals surface area contributed by atoms with Crippen LogP contribution in [0.4, 0.5) is 5.82 Å². The number of rotatable bonds is 2. The monoisotopic (exact) mass is 407 g/mol. The van der Waals surface area contributed by atoms with Crippen molar-refractivity contribution in [3.05, 3.63) is 76.3 Å². The van der Waals surface area contributed by atoms with E-state index in [0.29, 0.717) is 10.0 Å². The van der Waals surface area contributed by atoms with Gasteiger partial charge in [0.25, 0.3) is 0 Å². The van der Waals surface area contributed by atoms with Crippen molar-refractivity contribution in [1.82, 2.24) is 9.78 Å². The lowest BCUT2D eigenvalue weighted by molar-refractivity contribution is 0.780. The van der Waals surface area contributed by atoms with E-state index < -0.39 is 0 Å². The summed E-state index contributed by atoms with van der Waals surface area (Å²) >= 11 is 12.8. The van der Waals surface area contributed by atoms with Crippen LogP contribution in [0.15, 0.2) is 60.7 Å². The van der Waals surface area contributed by atoms with Gasteiger partial charge in [0.2, 0.25) is 0 Å². The standard InChI is InChI=1S/C23H19Cl2N3/c24-16-11-12-20(25)21(14-16)28-23-19(9-3-4-13-26-23)22(27-28)18-10-5-7-15-6-1-2-8-17(15)18/h1-2,5-8,10-12,14,26H,3-4,9,13H2. The molecule has 0 saturated carbocycles. The van der Waals surface area contributed by atoms with E-state index in [4.69, 9.17) is 28.3 Å². The van der Waals surface area contributed by atoms with Crippen LogP contribution in [0.5, 0.6) is 0 Å². The number of benzene rings is 3. The predicted molar refractivity (Wildman–Crippen MR) is 118 cm³/mol. The highest BCUT2D eigenvalue weighted by atomic mass is 35.5. The molecule has 0 aliphatic carbocycles. The third-order valence-corrected chi connectivity index (χ3v) is 5.87. The molecule has 4 aromatic rings. The number of hydrogen-bond acceptors (Lipinski definition) is 2. The van der Waals surface area contributed by atoms with Gasteiger partial charge in [0, 0.05) is 22.7 Å². The van der Waals surface area contributed by atoms with Crippen LogP contribution in [-0.2, 0) is 6.42 Å². The van der Waals surface area contributed by atoms with E-state index in [1.807, 2.05) is 16.8 Å². The van der Waals surface area contributed by atoms with Gasteiger partial charge in [-0.15, -0.1) is 0 Å². The molecule has 1 aromatic heterocycles. The quantitative estimate of drug-likeness (QED) is 0.398. The Hall–Kier alpha value is -2.49. The SMILES string of the molecule is Clc1ccc(Cl)c(-n2nc(-c3cccc4ccccc34)c3c2NCCCC3)c1. The Balaban J connectivity index is 1.80. The second-order valence-electron chi connectivity index (χ2n) is 7.09. The minimum absolute atomic E-state index is 0.630. The van der Waals surface area contributed by atoms with Gasteiger partial charge in [-0.25, -0.2) is 4.68 Å². The van der Waals surface area contributed by atoms with Crippen molar-refractivity contribution in [2.45, 2.75) is 19.3 Å². The highest BCUT2D eigenvalue weighted by Crippen LogP contribution is 2.38. The van der Waals surface area contributed by atoms with Crippen molar-refractivity contribution in [2.75, 3.05) is 11.9 Å². The average Bonchev–Trinajstić information content (AvgIpc) is 2.90. The van der Waals surface area contributed by atoms with Crippen LogP contribution in [0, 0.1) is 0 Å². The molecule has 5 rings (SSSR count). The maximum Gasteiger partial charge on any atom is 0.133 e. The van der Waals surface area contributed by atoms with E-state index in [1.165, 1.54) is 16.3 Å². The molecule has 3 aromatic carbocycles. The lowest BCUT2D eigenvalue weighted by Crippen LogP contribution is -2.07. The van der Waals surface area contributed by atoms with E-state index in [-0.39, 0.29) is 0 Å². The lowest BCUT2D eigenvalue weighted by Gasteiger charge is -2.11. The fourth-order valence-electron chi connectivity index (χ4n) is 3.97. The first kappa shape index (κ1) is 17.6. The third-order valence-electron chi connectivity index (χ3n) is 5.31. The van der Waals surface area contributed by atoms with Gasteiger partial charge < -0.3 is 5.32 Å². The van der Waals surface area contributed by atoms with E-state index in [1.54, 1.807) is 6.07 Å². The normalized spacial score (nSPS) is 13.8. The fraction of sp³-hybridized carbons (Fsp3) is 0.174. The summed E-state index contributed by atoms with van der Waals surface area (Å²) in [6.07, 6.45) is 3.25. The van der Waals surface area contributed by atoms with Gasteiger partial charge in [0.15, 0.2) is 0 Å². The lowest BCUT2D eigenvalue weighted by atomic mass is 9.98. The smallest absolute Gasteiger partial charge is 0.133 e. The number of halogens is 2. The van der Waals surface area contributed by atoms with Crippen LogP contribution in [0.2, 0.25) is 10.0 Å². The molecule has 0 bridgehead atoms. The molecule has 0 saturated heterocycles. The molecule has 0 fully saturated rings. The molecule has 3 nitrogen and oxygen atoms in total. The first-order chi connectivity index (χ1) is 13.7. The zero-order valence-corrected chi connectivity index (χ0v) is 16.8. The van der Waals surface area contributed by atoms with Crippen LogP contribution in [0.1, 0.15) is 18.4 Å². The first-order valence-electron chi connectivity index (χ1n) is 9.52. The largest absolute Gasteiger partial charge is 0.370 e. The summed E-state index contributed by atoms with van der Waals surface area (Å²) in [5.41, 5.74) is 4.20. The Bertz CT molecular complexity index is 1170. The molecule has 0 atom stereocenters. The Morgan fingerprint density at radius 2 is 1.79 bits per heavy atom. The molecule has 28 heavy (non-hydrogen) atoms. The van der Waals surface area contributed by atoms with Crippen LogP contribution in [0.25, 0.3) is 27.7 Å². The van der Waals surface area contributed by atoms with Gasteiger partial charge in [-0.1, -0.05) is 65.7 Å². The van der Waals surface area contributed by atoms with Gasteiger partial charge in [-0.2, -0.15) is 5.10 Å². The molecular weight excluding hydrogens is 389 g/mol. The minimum Gasteiger partial charge on any atom is -0.370 e. The van der Waals surface area contributed by atoms with Gasteiger partial charge in [-0.05, 0) is 48.2 Å². The number of nitrogens with one attached hydrogen (secondary N) is 1. The molecule has 0 amide bonds. The number of anilines is 1. The Morgan fingerprint density at radius 3 is 2.71 bits per heavy atom. The summed E-state index contributed by atoms with van der Waals surface area (Å²) < 4.78 is 1.92. The van der Waals surface area contributed by atoms with Crippen LogP contribution >= 0.6 is 23.2 Å². The second kappa shape index (κ2) is 7.16. The molecule has 5 heteroatoms. The molecule has 1 aliphatic heterocycles. The van der Waals surface area contributed by atoms with Crippen molar-refractivity contribution in [3.8, 4) is 16.9 Å². The Morgan fingerprint density at radius 1 is 0.929 bits per heavy atom. The van der Waals surface area contributed by atoms with E-state index in [0.717, 1.165) is 48.6 Å². The highest BCUT2D eigenvalue weighted by molar-refractivity contribution is 6.34. The number of aromatic nitrogens is 2. The molecule has 0 unspecified atom stereocenters. The molecular formula is C23H19Cl2N3. The van der Waals surface area contributed by atoms with E-state index in [2.05, 4.69) is 47.8 Å². The molecule has 1 aliphatic rings. The van der Waals surface area contributed by atoms with Gasteiger partial charge >= 0.3 is 0 Å². The summed E-state index contributed by atoms with van der Waals surface area (Å²) in [5, 5.41) is 12.3. The summed E-state index contributed by atoms with van der Waals surface area (Å²) in [6.45, 7) is 0.922. The molecule has 0 radical (unpaired) electrons. The number of fused-ring (bicyclic) bond motifs is 2. The van der Waals surface area contributed by atoms with Crippen molar-refractivity contribution >= 4 is 39.8 Å². The van der Waals surface area contributed by atoms with Gasteiger partial charge in [0.1, 0.15) is 5.82 Å². The van der Waals surface area contributed by atoms with E-state index >= 15 is 0 Å². The zero-order valence-electron chi connectivity index (χ0n) is 15.3. The summed E-state index contributed by atoms with van der Waals surface area (Å²) in [5.74, 6) is 1.02. The van der Waals surface area contributed by atoms with Crippen LogP contribution in [-0.4, -0.2) is 16.3 Å². The fourth-order valence-corrected chi connectivity index (χ4v) is 4.34. The van der Waals surface area contributed by atoms with Crippen molar-refractivity contribution in [3.63, 3.8) is 0 Å². The average molecular weight is 408 g/mol. The van der Waals surface area contributed by atoms with Crippen molar-refractivity contribution in [2.24, 2.45) is 0 Å². The van der Waals surface area contributed by atoms with Crippen LogP contribution in [0.3, 0.4) is 0 Å². The molecule has 0 spiro atoms. The highest BCUT2D eigenvalue weighted by Gasteiger charge is 2.23. The van der Waals surface area contributed by atoms with E-state index in [9.17, 15) is 0 Å². The zero-order chi connectivity index (χ0) is 19.1. The second-order valence-corrected chi connectivity index (χ2v) is 7.94. The molecule has 140 valence electrons. The number of hydrogen-bond donors (Lipinski definition) is 1. The van der Waals surface area contributed by atoms with Gasteiger partial charge in [-0.3, -0.25) is 0 Å². The summed E-state index contributed by atoms with van der Waals surface area (Å²) in [6, 6.07) is 20.3. The third kappa shape index (κ3) is 2.95. The topological polar surface area (TPSA) is 29.9 Å².